The van der Waals surface area contributed by atoms with E-state index in [0.717, 1.165) is 0 Å². The number of nitrogen functional groups attached to an aromatic ring is 1. The Morgan fingerprint density at radius 1 is 1.43 bits per heavy atom. The summed E-state index contributed by atoms with van der Waals surface area (Å²) in [5.41, 5.74) is 5.71. The number of anilines is 1. The van der Waals surface area contributed by atoms with Crippen LogP contribution in [0, 0.1) is 12.7 Å². The summed E-state index contributed by atoms with van der Waals surface area (Å²) in [7, 11) is 0. The van der Waals surface area contributed by atoms with Crippen LogP contribution in [0.2, 0.25) is 0 Å². The third-order valence-electron chi connectivity index (χ3n) is 1.63. The minimum atomic E-state index is -0.511. The van der Waals surface area contributed by atoms with E-state index in [1.165, 1.54) is 0 Å². The van der Waals surface area contributed by atoms with Gasteiger partial charge in [-0.3, -0.25) is 0 Å². The third kappa shape index (κ3) is 2.83. The Bertz CT molecular complexity index is 305. The van der Waals surface area contributed by atoms with Crippen LogP contribution in [0.1, 0.15) is 25.4 Å². The van der Waals surface area contributed by atoms with Gasteiger partial charge < -0.3 is 5.73 Å². The van der Waals surface area contributed by atoms with Gasteiger partial charge in [-0.15, -0.1) is 0 Å². The fourth-order valence-corrected chi connectivity index (χ4v) is 1.56. The maximum Gasteiger partial charge on any atom is 0.186 e. The highest BCUT2D eigenvalue weighted by atomic mass is 32.2. The summed E-state index contributed by atoms with van der Waals surface area (Å²) in [6, 6.07) is 0. The molecule has 0 bridgehead atoms. The van der Waals surface area contributed by atoms with Gasteiger partial charge in [0.25, 0.3) is 0 Å². The summed E-state index contributed by atoms with van der Waals surface area (Å²) in [6.07, 6.45) is 0. The minimum Gasteiger partial charge on any atom is -0.381 e. The second-order valence-electron chi connectivity index (χ2n) is 3.28. The predicted octanol–water partition coefficient (Wildman–Crippen LogP) is 2.15. The average Bonchev–Trinajstić information content (AvgIpc) is 2.10. The van der Waals surface area contributed by atoms with Gasteiger partial charge in [-0.25, -0.2) is 14.4 Å². The van der Waals surface area contributed by atoms with E-state index in [-0.39, 0.29) is 5.82 Å². The van der Waals surface area contributed by atoms with Crippen molar-refractivity contribution in [3.05, 3.63) is 17.3 Å². The largest absolute Gasteiger partial charge is 0.381 e. The highest BCUT2D eigenvalue weighted by Crippen LogP contribution is 2.17. The van der Waals surface area contributed by atoms with Crippen LogP contribution in [0.4, 0.5) is 10.2 Å². The Morgan fingerprint density at radius 2 is 2.07 bits per heavy atom. The van der Waals surface area contributed by atoms with Crippen LogP contribution in [0.3, 0.4) is 0 Å². The van der Waals surface area contributed by atoms with Crippen molar-refractivity contribution >= 4 is 17.6 Å². The average molecular weight is 215 g/mol. The van der Waals surface area contributed by atoms with Crippen molar-refractivity contribution in [2.45, 2.75) is 31.8 Å². The first-order chi connectivity index (χ1) is 6.50. The lowest BCUT2D eigenvalue weighted by molar-refractivity contribution is 0.604. The summed E-state index contributed by atoms with van der Waals surface area (Å²) in [6.45, 7) is 5.77. The van der Waals surface area contributed by atoms with Crippen LogP contribution in [-0.4, -0.2) is 15.2 Å². The van der Waals surface area contributed by atoms with Crippen molar-refractivity contribution in [1.29, 1.82) is 0 Å². The molecule has 0 fully saturated rings. The first-order valence-electron chi connectivity index (χ1n) is 4.40. The lowest BCUT2D eigenvalue weighted by Gasteiger charge is -2.06. The van der Waals surface area contributed by atoms with Gasteiger partial charge in [0, 0.05) is 0 Å². The lowest BCUT2D eigenvalue weighted by atomic mass is 10.4. The summed E-state index contributed by atoms with van der Waals surface area (Å²) < 4.78 is 13.1. The van der Waals surface area contributed by atoms with Crippen LogP contribution < -0.4 is 5.73 Å². The SMILES string of the molecule is Cc1nc(CSC(C)C)nc(N)c1F. The Balaban J connectivity index is 2.79. The smallest absolute Gasteiger partial charge is 0.186 e. The number of rotatable bonds is 3. The summed E-state index contributed by atoms with van der Waals surface area (Å²) in [5.74, 6) is 0.698. The summed E-state index contributed by atoms with van der Waals surface area (Å²) in [5, 5.41) is 0.505. The number of aryl methyl sites for hydroxylation is 1. The molecule has 5 heteroatoms. The molecule has 0 spiro atoms. The van der Waals surface area contributed by atoms with Crippen molar-refractivity contribution in [3.8, 4) is 0 Å². The molecule has 2 N–H and O–H groups in total. The molecule has 0 saturated heterocycles. The van der Waals surface area contributed by atoms with Crippen molar-refractivity contribution in [3.63, 3.8) is 0 Å². The summed E-state index contributed by atoms with van der Waals surface area (Å²) in [4.78, 5) is 7.89. The first-order valence-corrected chi connectivity index (χ1v) is 5.45. The second-order valence-corrected chi connectivity index (χ2v) is 4.85. The highest BCUT2D eigenvalue weighted by molar-refractivity contribution is 7.99. The Morgan fingerprint density at radius 3 is 2.57 bits per heavy atom. The molecule has 0 aliphatic heterocycles. The van der Waals surface area contributed by atoms with E-state index in [1.54, 1.807) is 18.7 Å². The molecule has 0 aliphatic rings. The third-order valence-corrected chi connectivity index (χ3v) is 2.73. The maximum absolute atomic E-state index is 13.1. The van der Waals surface area contributed by atoms with Crippen LogP contribution in [0.15, 0.2) is 0 Å². The highest BCUT2D eigenvalue weighted by Gasteiger charge is 2.08. The monoisotopic (exact) mass is 215 g/mol. The molecule has 3 nitrogen and oxygen atoms in total. The normalized spacial score (nSPS) is 10.9. The molecule has 1 rings (SSSR count). The van der Waals surface area contributed by atoms with E-state index in [0.29, 0.717) is 22.5 Å². The van der Waals surface area contributed by atoms with Gasteiger partial charge in [0.1, 0.15) is 5.82 Å². The minimum absolute atomic E-state index is 0.0585. The fourth-order valence-electron chi connectivity index (χ4n) is 0.947. The number of halogens is 1. The molecular weight excluding hydrogens is 201 g/mol. The Kier molecular flexibility index (Phi) is 3.69. The van der Waals surface area contributed by atoms with Crippen LogP contribution >= 0.6 is 11.8 Å². The molecule has 1 aromatic heterocycles. The van der Waals surface area contributed by atoms with Gasteiger partial charge in [0.2, 0.25) is 0 Å². The van der Waals surface area contributed by atoms with Crippen LogP contribution in [-0.2, 0) is 5.75 Å². The molecule has 0 radical (unpaired) electrons. The van der Waals surface area contributed by atoms with E-state index in [9.17, 15) is 4.39 Å². The van der Waals surface area contributed by atoms with Crippen molar-refractivity contribution in [2.24, 2.45) is 0 Å². The number of hydrogen-bond donors (Lipinski definition) is 1. The van der Waals surface area contributed by atoms with Gasteiger partial charge in [-0.05, 0) is 12.2 Å². The molecule has 1 heterocycles. The van der Waals surface area contributed by atoms with Crippen molar-refractivity contribution < 1.29 is 4.39 Å². The zero-order valence-corrected chi connectivity index (χ0v) is 9.36. The Hall–Kier alpha value is -0.840. The van der Waals surface area contributed by atoms with E-state index < -0.39 is 5.82 Å². The van der Waals surface area contributed by atoms with Crippen molar-refractivity contribution in [1.82, 2.24) is 9.97 Å². The lowest BCUT2D eigenvalue weighted by Crippen LogP contribution is -2.05. The standard InChI is InChI=1S/C9H14FN3S/c1-5(2)14-4-7-12-6(3)8(10)9(11)13-7/h5H,4H2,1-3H3,(H2,11,12,13). The first kappa shape index (κ1) is 11.2. The predicted molar refractivity (Wildman–Crippen MR) is 57.6 cm³/mol. The molecule has 0 amide bonds. The number of thioether (sulfide) groups is 1. The van der Waals surface area contributed by atoms with Gasteiger partial charge in [-0.2, -0.15) is 11.8 Å². The molecule has 0 unspecified atom stereocenters. The van der Waals surface area contributed by atoms with E-state index in [4.69, 9.17) is 5.73 Å². The summed E-state index contributed by atoms with van der Waals surface area (Å²) >= 11 is 1.70. The molecule has 0 aliphatic carbocycles. The van der Waals surface area contributed by atoms with Gasteiger partial charge >= 0.3 is 0 Å². The van der Waals surface area contributed by atoms with Gasteiger partial charge in [0.05, 0.1) is 11.4 Å². The topological polar surface area (TPSA) is 51.8 Å². The number of hydrogen-bond acceptors (Lipinski definition) is 4. The number of nitrogens with zero attached hydrogens (tertiary/aromatic N) is 2. The van der Waals surface area contributed by atoms with E-state index in [2.05, 4.69) is 23.8 Å². The van der Waals surface area contributed by atoms with Gasteiger partial charge in [-0.1, -0.05) is 13.8 Å². The van der Waals surface area contributed by atoms with Gasteiger partial charge in [0.15, 0.2) is 11.6 Å². The van der Waals surface area contributed by atoms with E-state index in [1.807, 2.05) is 0 Å². The molecule has 0 aromatic carbocycles. The zero-order chi connectivity index (χ0) is 10.7. The molecule has 0 saturated carbocycles. The molecule has 14 heavy (non-hydrogen) atoms. The number of aromatic nitrogens is 2. The molecule has 1 aromatic rings. The van der Waals surface area contributed by atoms with Crippen LogP contribution in [0.5, 0.6) is 0 Å². The second kappa shape index (κ2) is 4.59. The van der Waals surface area contributed by atoms with Crippen LogP contribution in [0.25, 0.3) is 0 Å². The number of nitrogens with two attached hydrogens (primary N) is 1. The quantitative estimate of drug-likeness (QED) is 0.839. The molecular formula is C9H14FN3S. The van der Waals surface area contributed by atoms with Crippen molar-refractivity contribution in [2.75, 3.05) is 5.73 Å². The molecule has 78 valence electrons. The van der Waals surface area contributed by atoms with E-state index >= 15 is 0 Å². The fraction of sp³-hybridized carbons (Fsp3) is 0.556. The zero-order valence-electron chi connectivity index (χ0n) is 8.54. The Labute approximate surface area is 87.3 Å². The molecule has 0 atom stereocenters. The maximum atomic E-state index is 13.1.